The van der Waals surface area contributed by atoms with E-state index < -0.39 is 0 Å². The van der Waals surface area contributed by atoms with Crippen LogP contribution in [-0.2, 0) is 6.42 Å². The van der Waals surface area contributed by atoms with Crippen LogP contribution in [-0.4, -0.2) is 16.7 Å². The highest BCUT2D eigenvalue weighted by Gasteiger charge is 2.39. The Morgan fingerprint density at radius 3 is 1.96 bits per heavy atom. The molecule has 2 amide bonds. The molecular formula is C21H13NO2. The van der Waals surface area contributed by atoms with Crippen molar-refractivity contribution in [2.24, 2.45) is 0 Å². The van der Waals surface area contributed by atoms with Gasteiger partial charge in [0.1, 0.15) is 0 Å². The highest BCUT2D eigenvalue weighted by Crippen LogP contribution is 2.34. The minimum atomic E-state index is -0.222. The van der Waals surface area contributed by atoms with Gasteiger partial charge in [-0.1, -0.05) is 48.5 Å². The van der Waals surface area contributed by atoms with Gasteiger partial charge in [0, 0.05) is 12.1 Å². The predicted molar refractivity (Wildman–Crippen MR) is 92.6 cm³/mol. The van der Waals surface area contributed by atoms with Crippen molar-refractivity contribution in [2.45, 2.75) is 6.42 Å². The molecule has 0 saturated heterocycles. The lowest BCUT2D eigenvalue weighted by molar-refractivity contribution is 0.0703. The Morgan fingerprint density at radius 2 is 1.33 bits per heavy atom. The molecule has 3 heteroatoms. The van der Waals surface area contributed by atoms with Gasteiger partial charge in [0.25, 0.3) is 11.8 Å². The minimum Gasteiger partial charge on any atom is -0.268 e. The number of allylic oxidation sites excluding steroid dienone is 1. The molecule has 5 rings (SSSR count). The third-order valence-electron chi connectivity index (χ3n) is 4.79. The maximum atomic E-state index is 12.9. The molecule has 1 aliphatic heterocycles. The first-order chi connectivity index (χ1) is 11.7. The van der Waals surface area contributed by atoms with Crippen LogP contribution in [0, 0.1) is 0 Å². The summed E-state index contributed by atoms with van der Waals surface area (Å²) in [6.45, 7) is 0. The number of carbonyl (C=O) groups is 2. The van der Waals surface area contributed by atoms with E-state index in [0.717, 1.165) is 27.6 Å². The lowest BCUT2D eigenvalue weighted by atomic mass is 10.0. The number of imide groups is 1. The van der Waals surface area contributed by atoms with Gasteiger partial charge in [-0.3, -0.25) is 9.59 Å². The van der Waals surface area contributed by atoms with E-state index in [0.29, 0.717) is 17.5 Å². The van der Waals surface area contributed by atoms with Crippen LogP contribution < -0.4 is 0 Å². The van der Waals surface area contributed by atoms with E-state index in [-0.39, 0.29) is 11.8 Å². The Balaban J connectivity index is 1.62. The number of hydrogen-bond acceptors (Lipinski definition) is 2. The summed E-state index contributed by atoms with van der Waals surface area (Å²) in [6, 6.07) is 19.4. The van der Waals surface area contributed by atoms with Crippen LogP contribution in [0.5, 0.6) is 0 Å². The van der Waals surface area contributed by atoms with Crippen LogP contribution in [0.2, 0.25) is 0 Å². The van der Waals surface area contributed by atoms with Gasteiger partial charge in [-0.05, 0) is 40.1 Å². The maximum Gasteiger partial charge on any atom is 0.265 e. The van der Waals surface area contributed by atoms with E-state index >= 15 is 0 Å². The molecule has 24 heavy (non-hydrogen) atoms. The molecule has 0 radical (unpaired) electrons. The average Bonchev–Trinajstić information content (AvgIpc) is 3.13. The molecule has 114 valence electrons. The minimum absolute atomic E-state index is 0.222. The molecule has 0 saturated carbocycles. The van der Waals surface area contributed by atoms with E-state index in [1.807, 2.05) is 66.7 Å². The van der Waals surface area contributed by atoms with Gasteiger partial charge in [0.15, 0.2) is 0 Å². The number of benzene rings is 3. The quantitative estimate of drug-likeness (QED) is 0.636. The summed E-state index contributed by atoms with van der Waals surface area (Å²) in [5.41, 5.74) is 3.97. The molecule has 3 aromatic carbocycles. The molecule has 0 N–H and O–H groups in total. The van der Waals surface area contributed by atoms with E-state index in [4.69, 9.17) is 0 Å². The Labute approximate surface area is 138 Å². The molecule has 3 nitrogen and oxygen atoms in total. The zero-order chi connectivity index (χ0) is 16.3. The van der Waals surface area contributed by atoms with E-state index in [2.05, 4.69) is 0 Å². The third kappa shape index (κ3) is 1.72. The fraction of sp³-hybridized carbons (Fsp3) is 0.0476. The Kier molecular flexibility index (Phi) is 2.57. The highest BCUT2D eigenvalue weighted by atomic mass is 16.2. The molecule has 1 heterocycles. The summed E-state index contributed by atoms with van der Waals surface area (Å²) in [7, 11) is 0. The fourth-order valence-electron chi connectivity index (χ4n) is 3.59. The first kappa shape index (κ1) is 13.3. The van der Waals surface area contributed by atoms with Crippen molar-refractivity contribution in [3.8, 4) is 0 Å². The van der Waals surface area contributed by atoms with Crippen molar-refractivity contribution in [2.75, 3.05) is 0 Å². The lowest BCUT2D eigenvalue weighted by Crippen LogP contribution is -2.29. The summed E-state index contributed by atoms with van der Waals surface area (Å²) in [5, 5.41) is 1.95. The summed E-state index contributed by atoms with van der Waals surface area (Å²) < 4.78 is 0. The average molecular weight is 311 g/mol. The predicted octanol–water partition coefficient (Wildman–Crippen LogP) is 4.03. The molecular weight excluding hydrogens is 298 g/mol. The van der Waals surface area contributed by atoms with Gasteiger partial charge in [-0.2, -0.15) is 0 Å². The number of hydrogen-bond donors (Lipinski definition) is 0. The van der Waals surface area contributed by atoms with E-state index in [1.54, 1.807) is 0 Å². The smallest absolute Gasteiger partial charge is 0.265 e. The zero-order valence-electron chi connectivity index (χ0n) is 12.8. The Bertz CT molecular complexity index is 1020. The molecule has 0 unspecified atom stereocenters. The van der Waals surface area contributed by atoms with Crippen LogP contribution in [0.4, 0.5) is 0 Å². The van der Waals surface area contributed by atoms with Crippen LogP contribution in [0.15, 0.2) is 66.4 Å². The highest BCUT2D eigenvalue weighted by molar-refractivity contribution is 6.24. The first-order valence-corrected chi connectivity index (χ1v) is 7.92. The topological polar surface area (TPSA) is 37.4 Å². The number of rotatable bonds is 1. The second kappa shape index (κ2) is 4.65. The summed E-state index contributed by atoms with van der Waals surface area (Å²) in [6.07, 6.45) is 2.55. The molecule has 0 aromatic heterocycles. The van der Waals surface area contributed by atoms with E-state index in [9.17, 15) is 9.59 Å². The van der Waals surface area contributed by atoms with Crippen molar-refractivity contribution in [1.29, 1.82) is 0 Å². The molecule has 0 spiro atoms. The monoisotopic (exact) mass is 311 g/mol. The van der Waals surface area contributed by atoms with Crippen molar-refractivity contribution in [1.82, 2.24) is 4.90 Å². The standard InChI is InChI=1S/C21H13NO2/c23-20-18-11-15-7-3-4-8-16(15)12-19(18)21(24)22(20)17-9-13-5-1-2-6-14(13)10-17/h1-9,11-12H,10H2. The van der Waals surface area contributed by atoms with Crippen LogP contribution in [0.1, 0.15) is 31.8 Å². The molecule has 0 bridgehead atoms. The van der Waals surface area contributed by atoms with Crippen molar-refractivity contribution < 1.29 is 9.59 Å². The number of amides is 2. The number of nitrogens with zero attached hydrogens (tertiary/aromatic N) is 1. The van der Waals surface area contributed by atoms with Gasteiger partial charge in [-0.25, -0.2) is 4.90 Å². The molecule has 0 atom stereocenters. The van der Waals surface area contributed by atoms with Gasteiger partial charge >= 0.3 is 0 Å². The summed E-state index contributed by atoms with van der Waals surface area (Å²) in [4.78, 5) is 27.0. The van der Waals surface area contributed by atoms with Gasteiger partial charge in [0.2, 0.25) is 0 Å². The van der Waals surface area contributed by atoms with Crippen LogP contribution in [0.3, 0.4) is 0 Å². The third-order valence-corrected chi connectivity index (χ3v) is 4.79. The molecule has 1 aliphatic carbocycles. The fourth-order valence-corrected chi connectivity index (χ4v) is 3.59. The normalized spacial score (nSPS) is 15.7. The first-order valence-electron chi connectivity index (χ1n) is 7.92. The lowest BCUT2D eigenvalue weighted by Gasteiger charge is -2.14. The summed E-state index contributed by atoms with van der Waals surface area (Å²) in [5.74, 6) is -0.445. The van der Waals surface area contributed by atoms with Crippen molar-refractivity contribution in [3.05, 3.63) is 88.6 Å². The largest absolute Gasteiger partial charge is 0.268 e. The SMILES string of the molecule is O=C1c2cc3ccccc3cc2C(=O)N1C1=Cc2ccccc2C1. The molecule has 2 aliphatic rings. The number of fused-ring (bicyclic) bond motifs is 3. The second-order valence-electron chi connectivity index (χ2n) is 6.20. The zero-order valence-corrected chi connectivity index (χ0v) is 12.8. The van der Waals surface area contributed by atoms with Crippen LogP contribution in [0.25, 0.3) is 16.8 Å². The van der Waals surface area contributed by atoms with Gasteiger partial charge in [-0.15, -0.1) is 0 Å². The van der Waals surface area contributed by atoms with Crippen molar-refractivity contribution in [3.63, 3.8) is 0 Å². The van der Waals surface area contributed by atoms with Crippen molar-refractivity contribution >= 4 is 28.7 Å². The number of carbonyl (C=O) groups excluding carboxylic acids is 2. The van der Waals surface area contributed by atoms with Gasteiger partial charge < -0.3 is 0 Å². The van der Waals surface area contributed by atoms with Crippen LogP contribution >= 0.6 is 0 Å². The molecule has 3 aromatic rings. The van der Waals surface area contributed by atoms with E-state index in [1.165, 1.54) is 4.90 Å². The Morgan fingerprint density at radius 1 is 0.750 bits per heavy atom. The Hall–Kier alpha value is -3.20. The second-order valence-corrected chi connectivity index (χ2v) is 6.20. The summed E-state index contributed by atoms with van der Waals surface area (Å²) >= 11 is 0. The molecule has 0 fully saturated rings. The maximum absolute atomic E-state index is 12.9. The van der Waals surface area contributed by atoms with Gasteiger partial charge in [0.05, 0.1) is 11.1 Å².